The predicted octanol–water partition coefficient (Wildman–Crippen LogP) is 2.35. The van der Waals surface area contributed by atoms with Gasteiger partial charge in [0.05, 0.1) is 12.2 Å². The summed E-state index contributed by atoms with van der Waals surface area (Å²) in [6, 6.07) is 8.45. The Hall–Kier alpha value is -2.89. The summed E-state index contributed by atoms with van der Waals surface area (Å²) in [7, 11) is 0. The van der Waals surface area contributed by atoms with Crippen LogP contribution in [0.2, 0.25) is 0 Å². The standard InChI is InChI=1S/C16H14N2O4/c1-9-13(10(2)22-17-9)8-18-14(16(20)21)7-11-5-3-4-6-12(11)15(18)19/h3-7H,8H2,1-2H3,(H,20,21). The number of aryl methyl sites for hydroxylation is 2. The van der Waals surface area contributed by atoms with Crippen molar-refractivity contribution in [3.8, 4) is 0 Å². The highest BCUT2D eigenvalue weighted by Gasteiger charge is 2.18. The van der Waals surface area contributed by atoms with Gasteiger partial charge in [0.2, 0.25) is 0 Å². The van der Waals surface area contributed by atoms with E-state index in [-0.39, 0.29) is 17.8 Å². The van der Waals surface area contributed by atoms with Crippen molar-refractivity contribution >= 4 is 16.7 Å². The minimum Gasteiger partial charge on any atom is -0.477 e. The third-order valence-corrected chi connectivity index (χ3v) is 3.74. The molecule has 0 amide bonds. The molecule has 0 saturated carbocycles. The molecule has 1 aromatic carbocycles. The lowest BCUT2D eigenvalue weighted by Crippen LogP contribution is -2.27. The Labute approximate surface area is 125 Å². The number of fused-ring (bicyclic) bond motifs is 1. The molecule has 1 N–H and O–H groups in total. The van der Waals surface area contributed by atoms with Crippen molar-refractivity contribution in [1.29, 1.82) is 0 Å². The molecule has 0 atom stereocenters. The molecule has 0 spiro atoms. The van der Waals surface area contributed by atoms with E-state index in [0.717, 1.165) is 5.56 Å². The molecule has 0 aliphatic rings. The lowest BCUT2D eigenvalue weighted by molar-refractivity contribution is 0.0684. The summed E-state index contributed by atoms with van der Waals surface area (Å²) in [6.45, 7) is 3.62. The molecule has 112 valence electrons. The third kappa shape index (κ3) is 2.18. The molecule has 0 saturated heterocycles. The van der Waals surface area contributed by atoms with Crippen molar-refractivity contribution in [1.82, 2.24) is 9.72 Å². The van der Waals surface area contributed by atoms with E-state index >= 15 is 0 Å². The van der Waals surface area contributed by atoms with Gasteiger partial charge in [-0.05, 0) is 31.4 Å². The van der Waals surface area contributed by atoms with Gasteiger partial charge >= 0.3 is 5.97 Å². The lowest BCUT2D eigenvalue weighted by atomic mass is 10.1. The number of benzene rings is 1. The number of rotatable bonds is 3. The van der Waals surface area contributed by atoms with Crippen molar-refractivity contribution in [3.63, 3.8) is 0 Å². The molecule has 0 unspecified atom stereocenters. The van der Waals surface area contributed by atoms with Crippen LogP contribution in [0.5, 0.6) is 0 Å². The number of carboxylic acids is 1. The zero-order chi connectivity index (χ0) is 15.9. The first-order valence-corrected chi connectivity index (χ1v) is 6.76. The van der Waals surface area contributed by atoms with Crippen LogP contribution < -0.4 is 5.56 Å². The number of aromatic nitrogens is 2. The van der Waals surface area contributed by atoms with Gasteiger partial charge in [-0.3, -0.25) is 9.36 Å². The van der Waals surface area contributed by atoms with Gasteiger partial charge in [0.15, 0.2) is 0 Å². The van der Waals surface area contributed by atoms with E-state index < -0.39 is 5.97 Å². The topological polar surface area (TPSA) is 85.3 Å². The van der Waals surface area contributed by atoms with E-state index in [4.69, 9.17) is 4.52 Å². The van der Waals surface area contributed by atoms with Gasteiger partial charge in [-0.2, -0.15) is 0 Å². The molecule has 0 radical (unpaired) electrons. The molecule has 0 fully saturated rings. The maximum absolute atomic E-state index is 12.7. The van der Waals surface area contributed by atoms with Gasteiger partial charge in [-0.15, -0.1) is 0 Å². The number of hydrogen-bond acceptors (Lipinski definition) is 4. The molecule has 6 nitrogen and oxygen atoms in total. The van der Waals surface area contributed by atoms with E-state index in [1.807, 2.05) is 0 Å². The van der Waals surface area contributed by atoms with Crippen LogP contribution in [0.15, 0.2) is 39.6 Å². The number of carbonyl (C=O) groups is 1. The number of nitrogens with zero attached hydrogens (tertiary/aromatic N) is 2. The lowest BCUT2D eigenvalue weighted by Gasteiger charge is -2.11. The second kappa shape index (κ2) is 5.14. The monoisotopic (exact) mass is 298 g/mol. The largest absolute Gasteiger partial charge is 0.477 e. The quantitative estimate of drug-likeness (QED) is 0.802. The van der Waals surface area contributed by atoms with Gasteiger partial charge in [-0.1, -0.05) is 23.4 Å². The van der Waals surface area contributed by atoms with Crippen LogP contribution in [0, 0.1) is 13.8 Å². The zero-order valence-electron chi connectivity index (χ0n) is 12.2. The Bertz CT molecular complexity index is 917. The molecular formula is C16H14N2O4. The first-order chi connectivity index (χ1) is 10.5. The minimum absolute atomic E-state index is 0.0521. The number of carboxylic acid groups (broad SMARTS) is 1. The highest BCUT2D eigenvalue weighted by atomic mass is 16.5. The van der Waals surface area contributed by atoms with Crippen molar-refractivity contribution in [3.05, 3.63) is 63.4 Å². The molecule has 3 rings (SSSR count). The highest BCUT2D eigenvalue weighted by Crippen LogP contribution is 2.17. The molecule has 3 aromatic rings. The first kappa shape index (κ1) is 14.1. The van der Waals surface area contributed by atoms with Crippen molar-refractivity contribution in [2.24, 2.45) is 0 Å². The maximum atomic E-state index is 12.7. The van der Waals surface area contributed by atoms with Crippen LogP contribution in [0.3, 0.4) is 0 Å². The summed E-state index contributed by atoms with van der Waals surface area (Å²) in [5, 5.41) is 14.4. The van der Waals surface area contributed by atoms with Crippen molar-refractivity contribution < 1.29 is 14.4 Å². The molecule has 0 aliphatic heterocycles. The Morgan fingerprint density at radius 2 is 2.05 bits per heavy atom. The van der Waals surface area contributed by atoms with Crippen LogP contribution in [0.4, 0.5) is 0 Å². The normalized spacial score (nSPS) is 11.0. The van der Waals surface area contributed by atoms with E-state index in [1.54, 1.807) is 38.1 Å². The number of aromatic carboxylic acids is 1. The molecule has 2 aromatic heterocycles. The van der Waals surface area contributed by atoms with Gasteiger partial charge in [-0.25, -0.2) is 4.79 Å². The van der Waals surface area contributed by atoms with E-state index in [9.17, 15) is 14.7 Å². The van der Waals surface area contributed by atoms with Gasteiger partial charge < -0.3 is 9.63 Å². The van der Waals surface area contributed by atoms with Gasteiger partial charge in [0.25, 0.3) is 5.56 Å². The smallest absolute Gasteiger partial charge is 0.352 e. The van der Waals surface area contributed by atoms with E-state index in [0.29, 0.717) is 22.2 Å². The summed E-state index contributed by atoms with van der Waals surface area (Å²) in [5.41, 5.74) is 0.980. The number of pyridine rings is 1. The van der Waals surface area contributed by atoms with Crippen molar-refractivity contribution in [2.45, 2.75) is 20.4 Å². The minimum atomic E-state index is -1.14. The number of hydrogen-bond donors (Lipinski definition) is 1. The first-order valence-electron chi connectivity index (χ1n) is 6.76. The predicted molar refractivity (Wildman–Crippen MR) is 80.2 cm³/mol. The summed E-state index contributed by atoms with van der Waals surface area (Å²) >= 11 is 0. The maximum Gasteiger partial charge on any atom is 0.352 e. The summed E-state index contributed by atoms with van der Waals surface area (Å²) < 4.78 is 6.33. The summed E-state index contributed by atoms with van der Waals surface area (Å²) in [5.74, 6) is -0.566. The van der Waals surface area contributed by atoms with Crippen LogP contribution >= 0.6 is 0 Å². The van der Waals surface area contributed by atoms with Gasteiger partial charge in [0, 0.05) is 10.9 Å². The fourth-order valence-corrected chi connectivity index (χ4v) is 2.52. The van der Waals surface area contributed by atoms with E-state index in [2.05, 4.69) is 5.16 Å². The summed E-state index contributed by atoms with van der Waals surface area (Å²) in [4.78, 5) is 24.2. The Kier molecular flexibility index (Phi) is 3.29. The fraction of sp³-hybridized carbons (Fsp3) is 0.188. The average molecular weight is 298 g/mol. The highest BCUT2D eigenvalue weighted by molar-refractivity contribution is 5.92. The Morgan fingerprint density at radius 3 is 2.68 bits per heavy atom. The molecular weight excluding hydrogens is 284 g/mol. The molecule has 2 heterocycles. The molecule has 6 heteroatoms. The van der Waals surface area contributed by atoms with Gasteiger partial charge in [0.1, 0.15) is 11.5 Å². The molecule has 0 bridgehead atoms. The average Bonchev–Trinajstić information content (AvgIpc) is 2.81. The fourth-order valence-electron chi connectivity index (χ4n) is 2.52. The zero-order valence-corrected chi connectivity index (χ0v) is 12.2. The Balaban J connectivity index is 2.27. The van der Waals surface area contributed by atoms with Crippen LogP contribution in [0.25, 0.3) is 10.8 Å². The van der Waals surface area contributed by atoms with Crippen LogP contribution in [-0.4, -0.2) is 20.8 Å². The molecule has 22 heavy (non-hydrogen) atoms. The SMILES string of the molecule is Cc1noc(C)c1Cn1c(C(=O)O)cc2ccccc2c1=O. The van der Waals surface area contributed by atoms with Crippen molar-refractivity contribution in [2.75, 3.05) is 0 Å². The molecule has 0 aliphatic carbocycles. The second-order valence-electron chi connectivity index (χ2n) is 5.12. The third-order valence-electron chi connectivity index (χ3n) is 3.74. The van der Waals surface area contributed by atoms with Crippen LogP contribution in [0.1, 0.15) is 27.5 Å². The second-order valence-corrected chi connectivity index (χ2v) is 5.12. The van der Waals surface area contributed by atoms with E-state index in [1.165, 1.54) is 10.6 Å². The Morgan fingerprint density at radius 1 is 1.32 bits per heavy atom. The van der Waals surface area contributed by atoms with Crippen LogP contribution in [-0.2, 0) is 6.54 Å². The summed E-state index contributed by atoms with van der Waals surface area (Å²) in [6.07, 6.45) is 0.